The van der Waals surface area contributed by atoms with Gasteiger partial charge >= 0.3 is 22.4 Å². The van der Waals surface area contributed by atoms with Gasteiger partial charge in [0.05, 0.1) is 0 Å². The zero-order chi connectivity index (χ0) is 7.11. The van der Waals surface area contributed by atoms with Gasteiger partial charge in [0.2, 0.25) is 0 Å². The molecule has 0 radical (unpaired) electrons. The Labute approximate surface area is 79.7 Å². The molecule has 10 heavy (non-hydrogen) atoms. The molecule has 0 saturated carbocycles. The van der Waals surface area contributed by atoms with Gasteiger partial charge in [-0.2, -0.15) is 0 Å². The number of hydrogen-bond donors (Lipinski definition) is 0. The van der Waals surface area contributed by atoms with Crippen LogP contribution in [0.4, 0.5) is 0 Å². The summed E-state index contributed by atoms with van der Waals surface area (Å²) in [6, 6.07) is 0. The molecule has 66 valence electrons. The van der Waals surface area contributed by atoms with Crippen LogP contribution in [0.25, 0.3) is 0 Å². The fourth-order valence-corrected chi connectivity index (χ4v) is 0.898. The van der Waals surface area contributed by atoms with Gasteiger partial charge in [0, 0.05) is 0 Å². The first-order valence-electron chi connectivity index (χ1n) is 3.93. The van der Waals surface area contributed by atoms with Crippen molar-refractivity contribution in [3.8, 4) is 0 Å². The first kappa shape index (κ1) is 13.3. The molecule has 0 aromatic rings. The molecule has 0 rings (SSSR count). The monoisotopic (exact) mass is 236 g/mol. The van der Waals surface area contributed by atoms with E-state index in [0.717, 1.165) is 12.8 Å². The van der Waals surface area contributed by atoms with Gasteiger partial charge in [-0.1, -0.05) is 45.4 Å². The average molecular weight is 237 g/mol. The zero-order valence-corrected chi connectivity index (χ0v) is 8.30. The summed E-state index contributed by atoms with van der Waals surface area (Å²) in [4.78, 5) is 0. The van der Waals surface area contributed by atoms with Crippen LogP contribution in [-0.4, -0.2) is 6.61 Å². The van der Waals surface area contributed by atoms with E-state index in [4.69, 9.17) is 0 Å². The van der Waals surface area contributed by atoms with E-state index in [0.29, 0.717) is 5.92 Å². The van der Waals surface area contributed by atoms with E-state index in [-0.39, 0.29) is 29.0 Å². The van der Waals surface area contributed by atoms with Gasteiger partial charge in [0.25, 0.3) is 0 Å². The maximum atomic E-state index is 10.4. The summed E-state index contributed by atoms with van der Waals surface area (Å²) < 4.78 is 0. The molecule has 2 heteroatoms. The van der Waals surface area contributed by atoms with Gasteiger partial charge in [0.1, 0.15) is 0 Å². The van der Waals surface area contributed by atoms with Crippen molar-refractivity contribution in [1.29, 1.82) is 0 Å². The van der Waals surface area contributed by atoms with Crippen LogP contribution < -0.4 is 5.11 Å². The maximum Gasteiger partial charge on any atom is 1.00 e. The molecule has 0 aromatic heterocycles. The van der Waals surface area contributed by atoms with Crippen molar-refractivity contribution in [2.45, 2.75) is 39.5 Å². The third-order valence-electron chi connectivity index (χ3n) is 1.78. The number of unbranched alkanes of at least 4 members (excludes halogenated alkanes) is 1. The molecule has 1 nitrogen and oxygen atoms in total. The first-order valence-corrected chi connectivity index (χ1v) is 3.93. The fraction of sp³-hybridized carbons (Fsp3) is 1.00. The van der Waals surface area contributed by atoms with Crippen molar-refractivity contribution in [2.24, 2.45) is 5.92 Å². The van der Waals surface area contributed by atoms with Crippen LogP contribution in [-0.2, 0) is 22.4 Å². The number of rotatable bonds is 5. The van der Waals surface area contributed by atoms with Gasteiger partial charge in [-0.15, -0.1) is 6.61 Å². The Balaban J connectivity index is 0. The topological polar surface area (TPSA) is 23.1 Å². The third kappa shape index (κ3) is 6.82. The summed E-state index contributed by atoms with van der Waals surface area (Å²) >= 11 is 0. The molecule has 0 aliphatic carbocycles. The number of hydrogen-bond acceptors (Lipinski definition) is 1. The summed E-state index contributed by atoms with van der Waals surface area (Å²) in [6.45, 7) is 4.38. The smallest absolute Gasteiger partial charge is 0.854 e. The van der Waals surface area contributed by atoms with Crippen LogP contribution in [0.1, 0.15) is 39.5 Å². The molecule has 0 saturated heterocycles. The van der Waals surface area contributed by atoms with Crippen molar-refractivity contribution < 1.29 is 27.5 Å². The summed E-state index contributed by atoms with van der Waals surface area (Å²) in [7, 11) is 0. The Morgan fingerprint density at radius 3 is 2.20 bits per heavy atom. The molecule has 1 atom stereocenters. The van der Waals surface area contributed by atoms with Crippen LogP contribution in [0.5, 0.6) is 0 Å². The minimum absolute atomic E-state index is 0. The molecular weight excluding hydrogens is 220 g/mol. The Morgan fingerprint density at radius 1 is 1.30 bits per heavy atom. The van der Waals surface area contributed by atoms with Gasteiger partial charge in [0.15, 0.2) is 0 Å². The Hall–Kier alpha value is 0.700. The third-order valence-corrected chi connectivity index (χ3v) is 1.78. The van der Waals surface area contributed by atoms with E-state index in [1.807, 2.05) is 0 Å². The largest absolute Gasteiger partial charge is 1.00 e. The fourth-order valence-electron chi connectivity index (χ4n) is 0.898. The van der Waals surface area contributed by atoms with Crippen LogP contribution in [0.2, 0.25) is 0 Å². The second-order valence-electron chi connectivity index (χ2n) is 2.58. The van der Waals surface area contributed by atoms with E-state index in [1.165, 1.54) is 12.8 Å². The molecule has 0 fully saturated rings. The molecule has 0 amide bonds. The van der Waals surface area contributed by atoms with Crippen LogP contribution >= 0.6 is 0 Å². The summed E-state index contributed by atoms with van der Waals surface area (Å²) in [6.07, 6.45) is 4.64. The van der Waals surface area contributed by atoms with Gasteiger partial charge < -0.3 is 5.11 Å². The quantitative estimate of drug-likeness (QED) is 0.665. The maximum absolute atomic E-state index is 10.4. The Bertz CT molecular complexity index is 53.2. The predicted octanol–water partition coefficient (Wildman–Crippen LogP) is 1.56. The SMILES string of the molecule is CCCCC(CC)C[O-].[Ag+]. The van der Waals surface area contributed by atoms with Crippen molar-refractivity contribution in [1.82, 2.24) is 0 Å². The minimum Gasteiger partial charge on any atom is -0.854 e. The summed E-state index contributed by atoms with van der Waals surface area (Å²) in [5.74, 6) is 0.449. The molecule has 1 unspecified atom stereocenters. The van der Waals surface area contributed by atoms with Crippen molar-refractivity contribution in [3.63, 3.8) is 0 Å². The van der Waals surface area contributed by atoms with Crippen molar-refractivity contribution in [2.75, 3.05) is 6.61 Å². The molecule has 0 aromatic carbocycles. The van der Waals surface area contributed by atoms with Gasteiger partial charge in [-0.05, 0) is 0 Å². The summed E-state index contributed by atoms with van der Waals surface area (Å²) in [5, 5.41) is 10.4. The Kier molecular flexibility index (Phi) is 12.9. The van der Waals surface area contributed by atoms with Crippen molar-refractivity contribution >= 4 is 0 Å². The van der Waals surface area contributed by atoms with Gasteiger partial charge in [-0.25, -0.2) is 0 Å². The van der Waals surface area contributed by atoms with E-state index < -0.39 is 0 Å². The standard InChI is InChI=1S/C8H17O.Ag/c1-3-5-6-8(4-2)7-9;/h8H,3-7H2,1-2H3;/q-1;+1. The van der Waals surface area contributed by atoms with Crippen LogP contribution in [0, 0.1) is 5.92 Å². The summed E-state index contributed by atoms with van der Waals surface area (Å²) in [5.41, 5.74) is 0. The average Bonchev–Trinajstić information content (AvgIpc) is 1.91. The molecule has 0 spiro atoms. The van der Waals surface area contributed by atoms with E-state index in [9.17, 15) is 5.11 Å². The van der Waals surface area contributed by atoms with Crippen LogP contribution in [0.15, 0.2) is 0 Å². The molecule has 0 heterocycles. The first-order chi connectivity index (χ1) is 4.35. The van der Waals surface area contributed by atoms with Gasteiger partial charge in [-0.3, -0.25) is 0 Å². The molecule has 0 bridgehead atoms. The van der Waals surface area contributed by atoms with E-state index >= 15 is 0 Å². The normalized spacial score (nSPS) is 12.3. The predicted molar refractivity (Wildman–Crippen MR) is 38.2 cm³/mol. The molecule has 0 N–H and O–H groups in total. The minimum atomic E-state index is 0. The molecule has 0 aliphatic heterocycles. The molecular formula is C8H17AgO. The zero-order valence-electron chi connectivity index (χ0n) is 6.82. The second-order valence-corrected chi connectivity index (χ2v) is 2.58. The van der Waals surface area contributed by atoms with Crippen molar-refractivity contribution in [3.05, 3.63) is 0 Å². The van der Waals surface area contributed by atoms with E-state index in [2.05, 4.69) is 13.8 Å². The second kappa shape index (κ2) is 9.70. The van der Waals surface area contributed by atoms with E-state index in [1.54, 1.807) is 0 Å². The molecule has 0 aliphatic rings. The van der Waals surface area contributed by atoms with Crippen LogP contribution in [0.3, 0.4) is 0 Å². The Morgan fingerprint density at radius 2 is 1.90 bits per heavy atom.